The molecule has 0 radical (unpaired) electrons. The molecule has 3 atom stereocenters. The highest BCUT2D eigenvalue weighted by Gasteiger charge is 2.37. The smallest absolute Gasteiger partial charge is 0.0777 e. The minimum Gasteiger partial charge on any atom is -0.377 e. The zero-order valence-electron chi connectivity index (χ0n) is 11.8. The van der Waals surface area contributed by atoms with Crippen molar-refractivity contribution in [3.8, 4) is 0 Å². The van der Waals surface area contributed by atoms with Crippen LogP contribution in [0.3, 0.4) is 0 Å². The predicted octanol–water partition coefficient (Wildman–Crippen LogP) is 3.07. The molecular weight excluding hydrogens is 198 g/mol. The number of hydrogen-bond donors (Lipinski definition) is 1. The van der Waals surface area contributed by atoms with Gasteiger partial charge in [-0.25, -0.2) is 0 Å². The van der Waals surface area contributed by atoms with Crippen molar-refractivity contribution in [3.63, 3.8) is 0 Å². The van der Waals surface area contributed by atoms with Gasteiger partial charge in [0.15, 0.2) is 0 Å². The van der Waals surface area contributed by atoms with E-state index in [1.165, 1.54) is 19.3 Å². The topological polar surface area (TPSA) is 21.3 Å². The van der Waals surface area contributed by atoms with E-state index in [9.17, 15) is 0 Å². The maximum absolute atomic E-state index is 5.65. The third-order valence-corrected chi connectivity index (χ3v) is 4.27. The van der Waals surface area contributed by atoms with Gasteiger partial charge < -0.3 is 10.1 Å². The van der Waals surface area contributed by atoms with Gasteiger partial charge in [-0.3, -0.25) is 0 Å². The molecule has 1 aliphatic carbocycles. The Morgan fingerprint density at radius 3 is 2.00 bits per heavy atom. The van der Waals surface area contributed by atoms with Gasteiger partial charge >= 0.3 is 0 Å². The first-order valence-electron chi connectivity index (χ1n) is 6.63. The van der Waals surface area contributed by atoms with E-state index in [0.717, 1.165) is 17.8 Å². The van der Waals surface area contributed by atoms with Crippen LogP contribution < -0.4 is 5.32 Å². The average Bonchev–Trinajstić information content (AvgIpc) is 2.16. The van der Waals surface area contributed by atoms with Crippen LogP contribution in [0.2, 0.25) is 0 Å². The number of likely N-dealkylation sites (N-methyl/N-ethyl adjacent to an activating group) is 1. The molecule has 0 aliphatic heterocycles. The molecule has 96 valence electrons. The normalized spacial score (nSPS) is 33.8. The molecule has 2 nitrogen and oxygen atoms in total. The Hall–Kier alpha value is -0.0800. The van der Waals surface area contributed by atoms with E-state index in [4.69, 9.17) is 4.74 Å². The van der Waals surface area contributed by atoms with Crippen molar-refractivity contribution in [3.05, 3.63) is 0 Å². The number of rotatable bonds is 4. The largest absolute Gasteiger partial charge is 0.377 e. The van der Waals surface area contributed by atoms with E-state index in [2.05, 4.69) is 40.1 Å². The molecule has 1 rings (SSSR count). The fraction of sp³-hybridized carbons (Fsp3) is 1.00. The number of hydrogen-bond acceptors (Lipinski definition) is 2. The summed E-state index contributed by atoms with van der Waals surface area (Å²) in [5.41, 5.74) is -0.0732. The van der Waals surface area contributed by atoms with Gasteiger partial charge in [0.1, 0.15) is 0 Å². The van der Waals surface area contributed by atoms with E-state index < -0.39 is 0 Å². The van der Waals surface area contributed by atoms with Gasteiger partial charge in [-0.15, -0.1) is 0 Å². The minimum absolute atomic E-state index is 0.0732. The van der Waals surface area contributed by atoms with Crippen LogP contribution in [0.5, 0.6) is 0 Å². The minimum atomic E-state index is -0.0732. The van der Waals surface area contributed by atoms with Gasteiger partial charge in [-0.05, 0) is 57.9 Å². The second-order valence-electron chi connectivity index (χ2n) is 6.25. The van der Waals surface area contributed by atoms with E-state index in [-0.39, 0.29) is 5.60 Å². The molecule has 0 saturated heterocycles. The molecule has 0 amide bonds. The molecule has 0 heterocycles. The molecule has 1 fully saturated rings. The molecule has 0 aromatic rings. The van der Waals surface area contributed by atoms with Crippen LogP contribution in [0.1, 0.15) is 47.0 Å². The first kappa shape index (κ1) is 14.0. The number of methoxy groups -OCH3 is 1. The maximum atomic E-state index is 5.65. The molecule has 2 heteroatoms. The Morgan fingerprint density at radius 2 is 1.62 bits per heavy atom. The van der Waals surface area contributed by atoms with E-state index in [1.54, 1.807) is 0 Å². The highest BCUT2D eigenvalue weighted by atomic mass is 16.5. The standard InChI is InChI=1S/C14H29NO/c1-10-7-11(2)9-12(8-10)13(15-5)14(3,4)16-6/h10-13,15H,7-9H2,1-6H3. The van der Waals surface area contributed by atoms with Gasteiger partial charge in [-0.2, -0.15) is 0 Å². The monoisotopic (exact) mass is 227 g/mol. The summed E-state index contributed by atoms with van der Waals surface area (Å²) in [5, 5.41) is 3.48. The van der Waals surface area contributed by atoms with Crippen molar-refractivity contribution in [1.29, 1.82) is 0 Å². The SMILES string of the molecule is CNC(C1CC(C)CC(C)C1)C(C)(C)OC. The second kappa shape index (κ2) is 5.50. The number of nitrogens with one attached hydrogen (secondary N) is 1. The zero-order valence-corrected chi connectivity index (χ0v) is 11.8. The van der Waals surface area contributed by atoms with Crippen LogP contribution in [0, 0.1) is 17.8 Å². The molecule has 0 spiro atoms. The summed E-state index contributed by atoms with van der Waals surface area (Å²) in [5.74, 6) is 2.47. The Labute approximate surface area is 101 Å². The van der Waals surface area contributed by atoms with Crippen molar-refractivity contribution in [2.75, 3.05) is 14.2 Å². The van der Waals surface area contributed by atoms with Crippen molar-refractivity contribution < 1.29 is 4.74 Å². The summed E-state index contributed by atoms with van der Waals surface area (Å²) in [6.45, 7) is 9.15. The number of ether oxygens (including phenoxy) is 1. The molecule has 0 aromatic heterocycles. The van der Waals surface area contributed by atoms with E-state index in [1.807, 2.05) is 7.11 Å². The lowest BCUT2D eigenvalue weighted by Gasteiger charge is -2.43. The predicted molar refractivity (Wildman–Crippen MR) is 69.6 cm³/mol. The van der Waals surface area contributed by atoms with Crippen molar-refractivity contribution in [2.24, 2.45) is 17.8 Å². The Morgan fingerprint density at radius 1 is 1.12 bits per heavy atom. The van der Waals surface area contributed by atoms with E-state index >= 15 is 0 Å². The summed E-state index contributed by atoms with van der Waals surface area (Å²) in [4.78, 5) is 0. The Kier molecular flexibility index (Phi) is 4.81. The Bertz CT molecular complexity index is 205. The lowest BCUT2D eigenvalue weighted by Crippen LogP contribution is -2.52. The van der Waals surface area contributed by atoms with E-state index in [0.29, 0.717) is 6.04 Å². The molecule has 1 aliphatic rings. The summed E-state index contributed by atoms with van der Waals surface area (Å²) in [6, 6.07) is 0.461. The first-order valence-corrected chi connectivity index (χ1v) is 6.63. The first-order chi connectivity index (χ1) is 7.40. The fourth-order valence-corrected chi connectivity index (χ4v) is 3.56. The van der Waals surface area contributed by atoms with Crippen LogP contribution in [-0.4, -0.2) is 25.8 Å². The highest BCUT2D eigenvalue weighted by Crippen LogP contribution is 2.37. The summed E-state index contributed by atoms with van der Waals surface area (Å²) < 4.78 is 5.65. The van der Waals surface area contributed by atoms with Crippen LogP contribution in [0.15, 0.2) is 0 Å². The van der Waals surface area contributed by atoms with Gasteiger partial charge in [0.2, 0.25) is 0 Å². The second-order valence-corrected chi connectivity index (χ2v) is 6.25. The zero-order chi connectivity index (χ0) is 12.3. The van der Waals surface area contributed by atoms with Crippen LogP contribution in [0.25, 0.3) is 0 Å². The average molecular weight is 227 g/mol. The fourth-order valence-electron chi connectivity index (χ4n) is 3.56. The van der Waals surface area contributed by atoms with Crippen molar-refractivity contribution in [1.82, 2.24) is 5.32 Å². The van der Waals surface area contributed by atoms with Gasteiger partial charge in [0, 0.05) is 13.2 Å². The third-order valence-electron chi connectivity index (χ3n) is 4.27. The molecule has 16 heavy (non-hydrogen) atoms. The molecular formula is C14H29NO. The van der Waals surface area contributed by atoms with Gasteiger partial charge in [0.05, 0.1) is 5.60 Å². The summed E-state index contributed by atoms with van der Waals surface area (Å²) >= 11 is 0. The lowest BCUT2D eigenvalue weighted by molar-refractivity contribution is -0.0368. The lowest BCUT2D eigenvalue weighted by atomic mass is 9.70. The van der Waals surface area contributed by atoms with Crippen LogP contribution in [0.4, 0.5) is 0 Å². The highest BCUT2D eigenvalue weighted by molar-refractivity contribution is 4.93. The molecule has 0 bridgehead atoms. The molecule has 0 aromatic carbocycles. The van der Waals surface area contributed by atoms with Crippen LogP contribution in [-0.2, 0) is 4.74 Å². The molecule has 1 N–H and O–H groups in total. The molecule has 3 unspecified atom stereocenters. The van der Waals surface area contributed by atoms with Crippen molar-refractivity contribution in [2.45, 2.75) is 58.6 Å². The van der Waals surface area contributed by atoms with Gasteiger partial charge in [-0.1, -0.05) is 13.8 Å². The van der Waals surface area contributed by atoms with Crippen molar-refractivity contribution >= 4 is 0 Å². The van der Waals surface area contributed by atoms with Gasteiger partial charge in [0.25, 0.3) is 0 Å². The summed E-state index contributed by atoms with van der Waals surface area (Å²) in [7, 11) is 3.88. The Balaban J connectivity index is 2.72. The quantitative estimate of drug-likeness (QED) is 0.797. The summed E-state index contributed by atoms with van der Waals surface area (Å²) in [6.07, 6.45) is 4.06. The third kappa shape index (κ3) is 3.21. The molecule has 1 saturated carbocycles. The maximum Gasteiger partial charge on any atom is 0.0777 e. The van der Waals surface area contributed by atoms with Crippen LogP contribution >= 0.6 is 0 Å².